The summed E-state index contributed by atoms with van der Waals surface area (Å²) in [5, 5.41) is 2.77. The first-order valence-electron chi connectivity index (χ1n) is 5.20. The van der Waals surface area contributed by atoms with Gasteiger partial charge in [0.15, 0.2) is 0 Å². The number of rotatable bonds is 4. The van der Waals surface area contributed by atoms with E-state index in [-0.39, 0.29) is 12.3 Å². The molecule has 0 aromatic carbocycles. The molecule has 2 rings (SSSR count). The Labute approximate surface area is 98.2 Å². The maximum Gasteiger partial charge on any atom is 0.253 e. The second kappa shape index (κ2) is 4.50. The van der Waals surface area contributed by atoms with Crippen LogP contribution in [0.3, 0.4) is 0 Å². The standard InChI is InChI=1S/C11H13N3O3/c12-9(15)4-11(6-17-7-11)14-10(16)8-2-1-3-13-5-8/h1-3,5H,4,6-7H2,(H2,12,15)(H,14,16). The van der Waals surface area contributed by atoms with Crippen LogP contribution in [0.1, 0.15) is 16.8 Å². The van der Waals surface area contributed by atoms with E-state index >= 15 is 0 Å². The molecule has 6 heteroatoms. The van der Waals surface area contributed by atoms with E-state index in [2.05, 4.69) is 10.3 Å². The minimum Gasteiger partial charge on any atom is -0.376 e. The van der Waals surface area contributed by atoms with Crippen molar-refractivity contribution in [3.63, 3.8) is 0 Å². The van der Waals surface area contributed by atoms with E-state index < -0.39 is 11.4 Å². The number of carbonyl (C=O) groups is 2. The topological polar surface area (TPSA) is 94.3 Å². The molecule has 1 fully saturated rings. The summed E-state index contributed by atoms with van der Waals surface area (Å²) in [5.74, 6) is -0.734. The molecular weight excluding hydrogens is 222 g/mol. The van der Waals surface area contributed by atoms with E-state index in [4.69, 9.17) is 10.5 Å². The van der Waals surface area contributed by atoms with Gasteiger partial charge in [-0.25, -0.2) is 0 Å². The lowest BCUT2D eigenvalue weighted by atomic mass is 9.92. The molecule has 1 aromatic heterocycles. The van der Waals surface area contributed by atoms with Gasteiger partial charge in [-0.3, -0.25) is 14.6 Å². The van der Waals surface area contributed by atoms with Gasteiger partial charge < -0.3 is 15.8 Å². The summed E-state index contributed by atoms with van der Waals surface area (Å²) >= 11 is 0. The Balaban J connectivity index is 2.05. The maximum atomic E-state index is 11.9. The van der Waals surface area contributed by atoms with Crippen LogP contribution in [0.2, 0.25) is 0 Å². The molecule has 2 heterocycles. The van der Waals surface area contributed by atoms with Crippen LogP contribution in [0, 0.1) is 0 Å². The SMILES string of the molecule is NC(=O)CC1(NC(=O)c2cccnc2)COC1. The van der Waals surface area contributed by atoms with Crippen molar-refractivity contribution in [1.82, 2.24) is 10.3 Å². The number of nitrogens with zero attached hydrogens (tertiary/aromatic N) is 1. The lowest BCUT2D eigenvalue weighted by molar-refractivity contribution is -0.127. The van der Waals surface area contributed by atoms with Crippen molar-refractivity contribution in [2.24, 2.45) is 5.73 Å². The molecule has 1 aliphatic heterocycles. The molecule has 0 unspecified atom stereocenters. The number of primary amides is 1. The van der Waals surface area contributed by atoms with Gasteiger partial charge in [0.1, 0.15) is 0 Å². The molecule has 17 heavy (non-hydrogen) atoms. The zero-order valence-corrected chi connectivity index (χ0v) is 9.18. The fourth-order valence-corrected chi connectivity index (χ4v) is 1.71. The second-order valence-corrected chi connectivity index (χ2v) is 4.11. The molecule has 6 nitrogen and oxygen atoms in total. The number of nitrogens with two attached hydrogens (primary N) is 1. The Morgan fingerprint density at radius 1 is 1.53 bits per heavy atom. The summed E-state index contributed by atoms with van der Waals surface area (Å²) in [4.78, 5) is 26.7. The quantitative estimate of drug-likeness (QED) is 0.732. The van der Waals surface area contributed by atoms with Crippen LogP contribution in [0.5, 0.6) is 0 Å². The predicted octanol–water partition coefficient (Wildman–Crippen LogP) is -0.544. The van der Waals surface area contributed by atoms with E-state index in [0.717, 1.165) is 0 Å². The molecule has 0 atom stereocenters. The van der Waals surface area contributed by atoms with Gasteiger partial charge in [0.2, 0.25) is 5.91 Å². The van der Waals surface area contributed by atoms with Crippen molar-refractivity contribution >= 4 is 11.8 Å². The summed E-state index contributed by atoms with van der Waals surface area (Å²) < 4.78 is 5.04. The normalized spacial score (nSPS) is 16.9. The number of amides is 2. The zero-order valence-electron chi connectivity index (χ0n) is 9.18. The number of hydrogen-bond donors (Lipinski definition) is 2. The average molecular weight is 235 g/mol. The Bertz CT molecular complexity index is 429. The fourth-order valence-electron chi connectivity index (χ4n) is 1.71. The number of aromatic nitrogens is 1. The Kier molecular flexibility index (Phi) is 3.06. The van der Waals surface area contributed by atoms with Crippen molar-refractivity contribution in [2.75, 3.05) is 13.2 Å². The highest BCUT2D eigenvalue weighted by atomic mass is 16.5. The van der Waals surface area contributed by atoms with Gasteiger partial charge >= 0.3 is 0 Å². The molecule has 90 valence electrons. The first-order chi connectivity index (χ1) is 8.11. The smallest absolute Gasteiger partial charge is 0.253 e. The van der Waals surface area contributed by atoms with Crippen LogP contribution in [0.25, 0.3) is 0 Å². The first-order valence-corrected chi connectivity index (χ1v) is 5.20. The van der Waals surface area contributed by atoms with Crippen molar-refractivity contribution in [1.29, 1.82) is 0 Å². The first kappa shape index (κ1) is 11.5. The van der Waals surface area contributed by atoms with E-state index in [0.29, 0.717) is 18.8 Å². The van der Waals surface area contributed by atoms with Gasteiger partial charge in [-0.1, -0.05) is 0 Å². The van der Waals surface area contributed by atoms with Crippen molar-refractivity contribution in [3.8, 4) is 0 Å². The van der Waals surface area contributed by atoms with Crippen LogP contribution in [0.15, 0.2) is 24.5 Å². The van der Waals surface area contributed by atoms with E-state index in [1.54, 1.807) is 18.3 Å². The number of pyridine rings is 1. The molecule has 1 aliphatic rings. The minimum absolute atomic E-state index is 0.0823. The largest absolute Gasteiger partial charge is 0.376 e. The Morgan fingerprint density at radius 3 is 2.76 bits per heavy atom. The molecule has 0 bridgehead atoms. The van der Waals surface area contributed by atoms with Crippen LogP contribution < -0.4 is 11.1 Å². The monoisotopic (exact) mass is 235 g/mol. The van der Waals surface area contributed by atoms with Crippen molar-refractivity contribution in [3.05, 3.63) is 30.1 Å². The lowest BCUT2D eigenvalue weighted by Gasteiger charge is -2.41. The molecule has 3 N–H and O–H groups in total. The van der Waals surface area contributed by atoms with Gasteiger partial charge in [-0.2, -0.15) is 0 Å². The van der Waals surface area contributed by atoms with E-state index in [1.807, 2.05) is 0 Å². The van der Waals surface area contributed by atoms with E-state index in [9.17, 15) is 9.59 Å². The summed E-state index contributed by atoms with van der Waals surface area (Å²) in [6.07, 6.45) is 3.13. The fraction of sp³-hybridized carbons (Fsp3) is 0.364. The van der Waals surface area contributed by atoms with Crippen LogP contribution in [-0.4, -0.2) is 35.6 Å². The molecule has 0 spiro atoms. The molecule has 0 saturated carbocycles. The number of ether oxygens (including phenoxy) is 1. The van der Waals surface area contributed by atoms with E-state index in [1.165, 1.54) is 6.20 Å². The summed E-state index contributed by atoms with van der Waals surface area (Å²) in [6, 6.07) is 3.33. The zero-order chi connectivity index (χ0) is 12.3. The molecule has 1 aromatic rings. The van der Waals surface area contributed by atoms with Gasteiger partial charge in [-0.05, 0) is 12.1 Å². The lowest BCUT2D eigenvalue weighted by Crippen LogP contribution is -2.63. The highest BCUT2D eigenvalue weighted by Gasteiger charge is 2.41. The van der Waals surface area contributed by atoms with Crippen LogP contribution >= 0.6 is 0 Å². The third kappa shape index (κ3) is 2.59. The Morgan fingerprint density at radius 2 is 2.29 bits per heavy atom. The number of nitrogens with one attached hydrogen (secondary N) is 1. The minimum atomic E-state index is -0.654. The molecule has 0 radical (unpaired) electrons. The highest BCUT2D eigenvalue weighted by molar-refractivity contribution is 5.94. The molecule has 1 saturated heterocycles. The van der Waals surface area contributed by atoms with Gasteiger partial charge in [0.05, 0.1) is 30.7 Å². The molecule has 2 amide bonds. The van der Waals surface area contributed by atoms with Crippen molar-refractivity contribution < 1.29 is 14.3 Å². The predicted molar refractivity (Wildman–Crippen MR) is 59.1 cm³/mol. The average Bonchev–Trinajstić information content (AvgIpc) is 2.26. The molecular formula is C11H13N3O3. The van der Waals surface area contributed by atoms with Gasteiger partial charge in [-0.15, -0.1) is 0 Å². The van der Waals surface area contributed by atoms with Crippen LogP contribution in [-0.2, 0) is 9.53 Å². The van der Waals surface area contributed by atoms with Crippen LogP contribution in [0.4, 0.5) is 0 Å². The maximum absolute atomic E-state index is 11.9. The third-order valence-electron chi connectivity index (χ3n) is 2.57. The summed E-state index contributed by atoms with van der Waals surface area (Å²) in [7, 11) is 0. The number of carbonyl (C=O) groups excluding carboxylic acids is 2. The third-order valence-corrected chi connectivity index (χ3v) is 2.57. The highest BCUT2D eigenvalue weighted by Crippen LogP contribution is 2.21. The number of hydrogen-bond acceptors (Lipinski definition) is 4. The van der Waals surface area contributed by atoms with Gasteiger partial charge in [0.25, 0.3) is 5.91 Å². The summed E-state index contributed by atoms with van der Waals surface area (Å²) in [5.41, 5.74) is 4.94. The Hall–Kier alpha value is -1.95. The second-order valence-electron chi connectivity index (χ2n) is 4.11. The molecule has 0 aliphatic carbocycles. The van der Waals surface area contributed by atoms with Crippen molar-refractivity contribution in [2.45, 2.75) is 12.0 Å². The van der Waals surface area contributed by atoms with Gasteiger partial charge in [0, 0.05) is 12.4 Å². The summed E-state index contributed by atoms with van der Waals surface area (Å²) in [6.45, 7) is 0.615.